The summed E-state index contributed by atoms with van der Waals surface area (Å²) in [5.74, 6) is 0. The molecular formula is C15H10Cl2N2O. The molecule has 0 atom stereocenters. The highest BCUT2D eigenvalue weighted by Crippen LogP contribution is 2.31. The second-order valence-electron chi connectivity index (χ2n) is 4.21. The lowest BCUT2D eigenvalue weighted by Gasteiger charge is -2.13. The van der Waals surface area contributed by atoms with Gasteiger partial charge in [0.25, 0.3) is 0 Å². The quantitative estimate of drug-likeness (QED) is 0.471. The second kappa shape index (κ2) is 5.96. The Bertz CT molecular complexity index is 704. The molecule has 0 fully saturated rings. The molecule has 3 nitrogen and oxygen atoms in total. The van der Waals surface area contributed by atoms with Gasteiger partial charge in [-0.25, -0.2) is 0 Å². The molecule has 0 amide bonds. The summed E-state index contributed by atoms with van der Waals surface area (Å²) in [4.78, 5) is 0. The van der Waals surface area contributed by atoms with E-state index in [1.54, 1.807) is 37.3 Å². The van der Waals surface area contributed by atoms with Crippen LogP contribution < -0.4 is 0 Å². The molecule has 1 N–H and O–H groups in total. The van der Waals surface area contributed by atoms with E-state index in [4.69, 9.17) is 28.4 Å². The zero-order chi connectivity index (χ0) is 14.7. The van der Waals surface area contributed by atoms with E-state index in [1.165, 1.54) is 6.08 Å². The number of benzene rings is 1. The fourth-order valence-electron chi connectivity index (χ4n) is 1.87. The molecule has 1 aromatic carbocycles. The molecule has 2 rings (SSSR count). The van der Waals surface area contributed by atoms with Crippen LogP contribution >= 0.6 is 23.2 Å². The van der Waals surface area contributed by atoms with Crippen LogP contribution in [-0.2, 0) is 0 Å². The fourth-order valence-corrected chi connectivity index (χ4v) is 2.25. The van der Waals surface area contributed by atoms with E-state index in [0.29, 0.717) is 26.9 Å². The van der Waals surface area contributed by atoms with Crippen LogP contribution in [0, 0.1) is 11.3 Å². The van der Waals surface area contributed by atoms with Gasteiger partial charge in [0.2, 0.25) is 0 Å². The largest absolute Gasteiger partial charge is 0.410 e. The van der Waals surface area contributed by atoms with Gasteiger partial charge in [-0.3, -0.25) is 0 Å². The topological polar surface area (TPSA) is 56.4 Å². The number of nitriles is 1. The number of rotatable bonds is 1. The van der Waals surface area contributed by atoms with Crippen LogP contribution in [0.25, 0.3) is 5.57 Å². The lowest BCUT2D eigenvalue weighted by molar-refractivity contribution is 0.319. The van der Waals surface area contributed by atoms with Crippen molar-refractivity contribution in [3.63, 3.8) is 0 Å². The van der Waals surface area contributed by atoms with Gasteiger partial charge in [0.05, 0.1) is 10.6 Å². The average Bonchev–Trinajstić information content (AvgIpc) is 2.45. The lowest BCUT2D eigenvalue weighted by Crippen LogP contribution is -2.04. The Kier molecular flexibility index (Phi) is 4.29. The van der Waals surface area contributed by atoms with Gasteiger partial charge in [0.15, 0.2) is 0 Å². The van der Waals surface area contributed by atoms with E-state index in [1.807, 2.05) is 0 Å². The molecule has 0 aliphatic heterocycles. The van der Waals surface area contributed by atoms with Crippen molar-refractivity contribution in [3.05, 3.63) is 63.2 Å². The zero-order valence-corrected chi connectivity index (χ0v) is 12.1. The summed E-state index contributed by atoms with van der Waals surface area (Å²) >= 11 is 12.0. The second-order valence-corrected chi connectivity index (χ2v) is 5.06. The standard InChI is InChI=1S/C15H10Cl2N2O/c1-9-6-12(14(17)7-15(9)19-20)13(8-18)10-2-4-11(16)5-3-10/h2-7,20H,1H3/b13-12+,19-15-. The summed E-state index contributed by atoms with van der Waals surface area (Å²) in [6.45, 7) is 1.78. The van der Waals surface area contributed by atoms with Crippen molar-refractivity contribution in [2.75, 3.05) is 0 Å². The summed E-state index contributed by atoms with van der Waals surface area (Å²) in [6, 6.07) is 9.11. The minimum Gasteiger partial charge on any atom is -0.410 e. The van der Waals surface area contributed by atoms with Crippen molar-refractivity contribution in [2.45, 2.75) is 6.92 Å². The maximum Gasteiger partial charge on any atom is 0.107 e. The molecule has 0 aromatic heterocycles. The summed E-state index contributed by atoms with van der Waals surface area (Å²) < 4.78 is 0. The van der Waals surface area contributed by atoms with Crippen LogP contribution in [-0.4, -0.2) is 10.9 Å². The molecular weight excluding hydrogens is 295 g/mol. The van der Waals surface area contributed by atoms with Gasteiger partial charge in [-0.2, -0.15) is 5.26 Å². The van der Waals surface area contributed by atoms with Crippen LogP contribution in [0.2, 0.25) is 5.02 Å². The third-order valence-corrected chi connectivity index (χ3v) is 3.47. The minimum absolute atomic E-state index is 0.356. The van der Waals surface area contributed by atoms with Crippen LogP contribution in [0.4, 0.5) is 0 Å². The number of allylic oxidation sites excluding steroid dienone is 6. The van der Waals surface area contributed by atoms with Crippen molar-refractivity contribution in [3.8, 4) is 6.07 Å². The summed E-state index contributed by atoms with van der Waals surface area (Å²) in [5, 5.41) is 22.4. The summed E-state index contributed by atoms with van der Waals surface area (Å²) in [7, 11) is 0. The highest BCUT2D eigenvalue weighted by molar-refractivity contribution is 6.36. The van der Waals surface area contributed by atoms with Gasteiger partial charge < -0.3 is 5.21 Å². The molecule has 1 aliphatic rings. The molecule has 0 bridgehead atoms. The predicted octanol–water partition coefficient (Wildman–Crippen LogP) is 4.53. The van der Waals surface area contributed by atoms with E-state index in [-0.39, 0.29) is 0 Å². The third-order valence-electron chi connectivity index (χ3n) is 2.91. The van der Waals surface area contributed by atoms with Crippen LogP contribution in [0.1, 0.15) is 12.5 Å². The average molecular weight is 305 g/mol. The van der Waals surface area contributed by atoms with Gasteiger partial charge in [-0.1, -0.05) is 40.5 Å². The first-order valence-corrected chi connectivity index (χ1v) is 6.51. The van der Waals surface area contributed by atoms with Gasteiger partial charge in [-0.15, -0.1) is 0 Å². The number of hydrogen-bond donors (Lipinski definition) is 1. The molecule has 1 aromatic rings. The van der Waals surface area contributed by atoms with E-state index >= 15 is 0 Å². The molecule has 0 radical (unpaired) electrons. The predicted molar refractivity (Wildman–Crippen MR) is 80.9 cm³/mol. The van der Waals surface area contributed by atoms with E-state index < -0.39 is 0 Å². The van der Waals surface area contributed by atoms with Gasteiger partial charge in [0, 0.05) is 10.6 Å². The third kappa shape index (κ3) is 2.77. The molecule has 0 unspecified atom stereocenters. The molecule has 0 saturated carbocycles. The first kappa shape index (κ1) is 14.4. The first-order chi connectivity index (χ1) is 9.56. The molecule has 1 aliphatic carbocycles. The van der Waals surface area contributed by atoms with Crippen molar-refractivity contribution < 1.29 is 5.21 Å². The van der Waals surface area contributed by atoms with E-state index in [0.717, 1.165) is 11.1 Å². The Hall–Kier alpha value is -2.02. The smallest absolute Gasteiger partial charge is 0.107 e. The normalized spacial score (nSPS) is 19.2. The van der Waals surface area contributed by atoms with E-state index in [9.17, 15) is 5.26 Å². The summed E-state index contributed by atoms with van der Waals surface area (Å²) in [6.07, 6.45) is 3.25. The first-order valence-electron chi connectivity index (χ1n) is 5.75. The number of nitrogens with zero attached hydrogens (tertiary/aromatic N) is 2. The van der Waals surface area contributed by atoms with Crippen molar-refractivity contribution >= 4 is 34.5 Å². The minimum atomic E-state index is 0.356. The number of oxime groups is 1. The molecule has 20 heavy (non-hydrogen) atoms. The Morgan fingerprint density at radius 2 is 1.85 bits per heavy atom. The monoisotopic (exact) mass is 304 g/mol. The van der Waals surface area contributed by atoms with Crippen LogP contribution in [0.5, 0.6) is 0 Å². The summed E-state index contributed by atoms with van der Waals surface area (Å²) in [5.41, 5.74) is 2.88. The maximum atomic E-state index is 9.39. The molecule has 0 spiro atoms. The van der Waals surface area contributed by atoms with Gasteiger partial charge in [0.1, 0.15) is 11.8 Å². The number of halogens is 2. The van der Waals surface area contributed by atoms with E-state index in [2.05, 4.69) is 11.2 Å². The van der Waals surface area contributed by atoms with Crippen molar-refractivity contribution in [1.29, 1.82) is 5.26 Å². The maximum absolute atomic E-state index is 9.39. The Balaban J connectivity index is 2.61. The van der Waals surface area contributed by atoms with Crippen LogP contribution in [0.15, 0.2) is 57.8 Å². The SMILES string of the molecule is CC1=CC(=C(/C#N)c2ccc(Cl)cc2)/C(Cl)=CC/1=N/O. The molecule has 0 heterocycles. The molecule has 100 valence electrons. The lowest BCUT2D eigenvalue weighted by atomic mass is 9.94. The Morgan fingerprint density at radius 1 is 1.20 bits per heavy atom. The number of hydrogen-bond acceptors (Lipinski definition) is 3. The zero-order valence-electron chi connectivity index (χ0n) is 10.6. The Labute approximate surface area is 126 Å². The molecule has 5 heteroatoms. The molecule has 0 saturated heterocycles. The highest BCUT2D eigenvalue weighted by Gasteiger charge is 2.17. The Morgan fingerprint density at radius 3 is 2.40 bits per heavy atom. The van der Waals surface area contributed by atoms with Crippen molar-refractivity contribution in [1.82, 2.24) is 0 Å². The van der Waals surface area contributed by atoms with Crippen molar-refractivity contribution in [2.24, 2.45) is 5.16 Å². The fraction of sp³-hybridized carbons (Fsp3) is 0.0667. The highest BCUT2D eigenvalue weighted by atomic mass is 35.5. The van der Waals surface area contributed by atoms with Gasteiger partial charge >= 0.3 is 0 Å². The van der Waals surface area contributed by atoms with Crippen LogP contribution in [0.3, 0.4) is 0 Å². The van der Waals surface area contributed by atoms with Gasteiger partial charge in [-0.05, 0) is 42.3 Å².